The van der Waals surface area contributed by atoms with Crippen LogP contribution in [-0.4, -0.2) is 43.9 Å². The Kier molecular flexibility index (Phi) is 8.19. The molecule has 0 spiro atoms. The summed E-state index contributed by atoms with van der Waals surface area (Å²) in [6.45, 7) is 2.25. The van der Waals surface area contributed by atoms with E-state index in [4.69, 9.17) is 9.47 Å². The molecular weight excluding hydrogens is 292 g/mol. The van der Waals surface area contributed by atoms with Gasteiger partial charge in [0.15, 0.2) is 6.29 Å². The summed E-state index contributed by atoms with van der Waals surface area (Å²) in [5.41, 5.74) is 0.923. The van der Waals surface area contributed by atoms with Crippen LogP contribution in [0.4, 0.5) is 0 Å². The minimum absolute atomic E-state index is 0.262. The summed E-state index contributed by atoms with van der Waals surface area (Å²) in [5, 5.41) is 9.86. The van der Waals surface area contributed by atoms with Crippen LogP contribution in [0.3, 0.4) is 0 Å². The van der Waals surface area contributed by atoms with Crippen molar-refractivity contribution in [3.05, 3.63) is 29.8 Å². The fraction of sp³-hybridized carbons (Fsp3) is 0.533. The highest BCUT2D eigenvalue weighted by Gasteiger charge is 2.22. The summed E-state index contributed by atoms with van der Waals surface area (Å²) >= 11 is 1.46. The number of ether oxygens (including phenoxy) is 3. The number of methoxy groups -OCH3 is 2. The highest BCUT2D eigenvalue weighted by atomic mass is 32.2. The smallest absolute Gasteiger partial charge is 0.306 e. The maximum absolute atomic E-state index is 11.2. The zero-order valence-electron chi connectivity index (χ0n) is 12.6. The van der Waals surface area contributed by atoms with E-state index in [2.05, 4.69) is 4.74 Å². The van der Waals surface area contributed by atoms with E-state index >= 15 is 0 Å². The number of carbonyl (C=O) groups is 1. The summed E-state index contributed by atoms with van der Waals surface area (Å²) in [6, 6.07) is 7.44. The van der Waals surface area contributed by atoms with Crippen LogP contribution in [0.15, 0.2) is 24.3 Å². The lowest BCUT2D eigenvalue weighted by molar-refractivity contribution is -0.140. The Balaban J connectivity index is 2.73. The van der Waals surface area contributed by atoms with Gasteiger partial charge >= 0.3 is 5.97 Å². The number of aliphatic hydroxyl groups excluding tert-OH is 1. The molecule has 0 saturated carbocycles. The second-order valence-electron chi connectivity index (χ2n) is 4.24. The van der Waals surface area contributed by atoms with Gasteiger partial charge in [-0.05, 0) is 24.6 Å². The first-order valence-electron chi connectivity index (χ1n) is 6.74. The molecular formula is C15H22O5S. The van der Waals surface area contributed by atoms with Gasteiger partial charge < -0.3 is 19.3 Å². The Bertz CT molecular complexity index is 421. The summed E-state index contributed by atoms with van der Waals surface area (Å²) in [5.74, 6) is 1.04. The standard InChI is InChI=1S/C15H22O5S/c1-4-20-15(17)14(21-10-9-13(16)19-3)11-5-7-12(18-2)8-6-11/h5-8,14-15,17H,4,9-10H2,1-3H3. The molecule has 1 rings (SSSR count). The number of rotatable bonds is 9. The Morgan fingerprint density at radius 2 is 1.95 bits per heavy atom. The molecule has 0 bridgehead atoms. The summed E-state index contributed by atoms with van der Waals surface area (Å²) in [7, 11) is 2.97. The highest BCUT2D eigenvalue weighted by Crippen LogP contribution is 2.34. The van der Waals surface area contributed by atoms with Gasteiger partial charge in [0.2, 0.25) is 0 Å². The molecule has 0 aliphatic rings. The molecule has 0 aliphatic carbocycles. The monoisotopic (exact) mass is 314 g/mol. The molecule has 0 saturated heterocycles. The topological polar surface area (TPSA) is 65.0 Å². The molecule has 2 unspecified atom stereocenters. The number of carbonyl (C=O) groups excluding carboxylic acids is 1. The van der Waals surface area contributed by atoms with Crippen molar-refractivity contribution in [2.75, 3.05) is 26.6 Å². The van der Waals surface area contributed by atoms with Gasteiger partial charge in [0, 0.05) is 12.4 Å². The normalized spacial score (nSPS) is 13.5. The quantitative estimate of drug-likeness (QED) is 0.558. The van der Waals surface area contributed by atoms with Gasteiger partial charge in [-0.15, -0.1) is 11.8 Å². The van der Waals surface area contributed by atoms with Crippen LogP contribution in [-0.2, 0) is 14.3 Å². The van der Waals surface area contributed by atoms with Crippen molar-refractivity contribution in [3.63, 3.8) is 0 Å². The van der Waals surface area contributed by atoms with Gasteiger partial charge in [-0.3, -0.25) is 4.79 Å². The van der Waals surface area contributed by atoms with E-state index in [1.165, 1.54) is 18.9 Å². The minimum Gasteiger partial charge on any atom is -0.497 e. The molecule has 0 aliphatic heterocycles. The van der Waals surface area contributed by atoms with Gasteiger partial charge in [0.25, 0.3) is 0 Å². The molecule has 6 heteroatoms. The number of hydrogen-bond donors (Lipinski definition) is 1. The fourth-order valence-corrected chi connectivity index (χ4v) is 2.90. The van der Waals surface area contributed by atoms with E-state index < -0.39 is 6.29 Å². The van der Waals surface area contributed by atoms with Crippen LogP contribution < -0.4 is 4.74 Å². The summed E-state index contributed by atoms with van der Waals surface area (Å²) in [6.07, 6.45) is -0.627. The van der Waals surface area contributed by atoms with Gasteiger partial charge in [0.1, 0.15) is 5.75 Å². The lowest BCUT2D eigenvalue weighted by atomic mass is 10.1. The van der Waals surface area contributed by atoms with Crippen molar-refractivity contribution in [1.82, 2.24) is 0 Å². The van der Waals surface area contributed by atoms with Crippen LogP contribution >= 0.6 is 11.8 Å². The van der Waals surface area contributed by atoms with Crippen molar-refractivity contribution in [3.8, 4) is 5.75 Å². The largest absolute Gasteiger partial charge is 0.497 e. The Morgan fingerprint density at radius 1 is 1.29 bits per heavy atom. The summed E-state index contributed by atoms with van der Waals surface area (Å²) in [4.78, 5) is 11.2. The molecule has 2 atom stereocenters. The average Bonchev–Trinajstić information content (AvgIpc) is 2.51. The van der Waals surface area contributed by atoms with Crippen molar-refractivity contribution < 1.29 is 24.1 Å². The van der Waals surface area contributed by atoms with Crippen LogP contribution in [0.2, 0.25) is 0 Å². The van der Waals surface area contributed by atoms with E-state index in [0.717, 1.165) is 11.3 Å². The molecule has 1 aromatic carbocycles. The van der Waals surface area contributed by atoms with Crippen LogP contribution in [0.25, 0.3) is 0 Å². The van der Waals surface area contributed by atoms with Crippen LogP contribution in [0, 0.1) is 0 Å². The SMILES string of the molecule is CCOC(O)C(SCCC(=O)OC)c1ccc(OC)cc1. The minimum atomic E-state index is -0.925. The second kappa shape index (κ2) is 9.65. The van der Waals surface area contributed by atoms with E-state index in [9.17, 15) is 9.90 Å². The molecule has 1 N–H and O–H groups in total. The third kappa shape index (κ3) is 5.95. The lowest BCUT2D eigenvalue weighted by Gasteiger charge is -2.22. The second-order valence-corrected chi connectivity index (χ2v) is 5.49. The van der Waals surface area contributed by atoms with E-state index in [1.54, 1.807) is 7.11 Å². The predicted molar refractivity (Wildman–Crippen MR) is 82.5 cm³/mol. The van der Waals surface area contributed by atoms with Crippen molar-refractivity contribution in [2.45, 2.75) is 24.9 Å². The fourth-order valence-electron chi connectivity index (χ4n) is 1.77. The van der Waals surface area contributed by atoms with Crippen LogP contribution in [0.5, 0.6) is 5.75 Å². The third-order valence-electron chi connectivity index (χ3n) is 2.87. The maximum Gasteiger partial charge on any atom is 0.306 e. The number of esters is 1. The average molecular weight is 314 g/mol. The molecule has 0 fully saturated rings. The Morgan fingerprint density at radius 3 is 2.48 bits per heavy atom. The maximum atomic E-state index is 11.2. The number of aliphatic hydroxyl groups is 1. The zero-order valence-corrected chi connectivity index (χ0v) is 13.4. The molecule has 0 amide bonds. The Hall–Kier alpha value is -1.24. The first kappa shape index (κ1) is 17.8. The van der Waals surface area contributed by atoms with Crippen molar-refractivity contribution >= 4 is 17.7 Å². The van der Waals surface area contributed by atoms with E-state index in [-0.39, 0.29) is 11.2 Å². The zero-order chi connectivity index (χ0) is 15.7. The third-order valence-corrected chi connectivity index (χ3v) is 4.18. The highest BCUT2D eigenvalue weighted by molar-refractivity contribution is 7.99. The molecule has 5 nitrogen and oxygen atoms in total. The molecule has 1 aromatic rings. The predicted octanol–water partition coefficient (Wildman–Crippen LogP) is 2.39. The van der Waals surface area contributed by atoms with Gasteiger partial charge in [-0.2, -0.15) is 0 Å². The molecule has 21 heavy (non-hydrogen) atoms. The van der Waals surface area contributed by atoms with Crippen molar-refractivity contribution in [2.24, 2.45) is 0 Å². The Labute approximate surface area is 129 Å². The molecule has 0 radical (unpaired) electrons. The lowest BCUT2D eigenvalue weighted by Crippen LogP contribution is -2.20. The van der Waals surface area contributed by atoms with Gasteiger partial charge in [0.05, 0.1) is 25.9 Å². The van der Waals surface area contributed by atoms with Crippen LogP contribution in [0.1, 0.15) is 24.2 Å². The number of hydrogen-bond acceptors (Lipinski definition) is 6. The molecule has 118 valence electrons. The first-order chi connectivity index (χ1) is 10.1. The summed E-state index contributed by atoms with van der Waals surface area (Å²) < 4.78 is 15.0. The number of benzene rings is 1. The molecule has 0 heterocycles. The van der Waals surface area contributed by atoms with E-state index in [1.807, 2.05) is 31.2 Å². The van der Waals surface area contributed by atoms with Gasteiger partial charge in [-0.1, -0.05) is 12.1 Å². The van der Waals surface area contributed by atoms with Gasteiger partial charge in [-0.25, -0.2) is 0 Å². The van der Waals surface area contributed by atoms with Crippen molar-refractivity contribution in [1.29, 1.82) is 0 Å². The molecule has 0 aromatic heterocycles. The first-order valence-corrected chi connectivity index (χ1v) is 7.79. The number of thioether (sulfide) groups is 1. The van der Waals surface area contributed by atoms with E-state index in [0.29, 0.717) is 18.8 Å².